The molecular formula is C11H10ClIN2O2. The lowest BCUT2D eigenvalue weighted by Gasteiger charge is -2.03. The van der Waals surface area contributed by atoms with Gasteiger partial charge in [0.15, 0.2) is 0 Å². The molecule has 0 N–H and O–H groups in total. The molecule has 90 valence electrons. The lowest BCUT2D eigenvalue weighted by Crippen LogP contribution is -2.14. The van der Waals surface area contributed by atoms with E-state index < -0.39 is 0 Å². The fourth-order valence-electron chi connectivity index (χ4n) is 1.56. The Morgan fingerprint density at radius 1 is 1.59 bits per heavy atom. The van der Waals surface area contributed by atoms with E-state index in [4.69, 9.17) is 16.3 Å². The zero-order valence-electron chi connectivity index (χ0n) is 9.11. The standard InChI is InChI=1S/C11H10ClIN2O2/c1-2-17-10(16)6-15-9-4-3-7(12)5-8(9)11(13)14-15/h3-5H,2,6H2,1H3. The highest BCUT2D eigenvalue weighted by molar-refractivity contribution is 14.1. The Morgan fingerprint density at radius 3 is 3.06 bits per heavy atom. The number of carbonyl (C=O) groups is 1. The van der Waals surface area contributed by atoms with Gasteiger partial charge in [0.1, 0.15) is 10.2 Å². The molecule has 1 heterocycles. The number of esters is 1. The maximum absolute atomic E-state index is 11.4. The number of carbonyl (C=O) groups excluding carboxylic acids is 1. The number of benzene rings is 1. The van der Waals surface area contributed by atoms with Crippen LogP contribution in [-0.4, -0.2) is 22.4 Å². The molecule has 2 rings (SSSR count). The van der Waals surface area contributed by atoms with Crippen LogP contribution in [0, 0.1) is 3.70 Å². The summed E-state index contributed by atoms with van der Waals surface area (Å²) in [4.78, 5) is 11.4. The van der Waals surface area contributed by atoms with Crippen LogP contribution in [0.15, 0.2) is 18.2 Å². The van der Waals surface area contributed by atoms with E-state index in [0.717, 1.165) is 14.6 Å². The Kier molecular flexibility index (Phi) is 3.88. The van der Waals surface area contributed by atoms with Crippen molar-refractivity contribution in [1.82, 2.24) is 9.78 Å². The lowest BCUT2D eigenvalue weighted by atomic mass is 10.2. The zero-order chi connectivity index (χ0) is 12.4. The summed E-state index contributed by atoms with van der Waals surface area (Å²) in [6, 6.07) is 5.47. The number of halogens is 2. The SMILES string of the molecule is CCOC(=O)Cn1nc(I)c2cc(Cl)ccc21. The molecule has 0 aliphatic heterocycles. The Hall–Kier alpha value is -0.820. The molecule has 6 heteroatoms. The molecule has 1 aromatic heterocycles. The number of hydrogen-bond donors (Lipinski definition) is 0. The van der Waals surface area contributed by atoms with Crippen LogP contribution in [0.5, 0.6) is 0 Å². The maximum Gasteiger partial charge on any atom is 0.327 e. The second-order valence-corrected chi connectivity index (χ2v) is 4.87. The molecule has 1 aromatic carbocycles. The fraction of sp³-hybridized carbons (Fsp3) is 0.273. The molecule has 0 fully saturated rings. The van der Waals surface area contributed by atoms with Gasteiger partial charge in [-0.15, -0.1) is 0 Å². The number of aromatic nitrogens is 2. The third-order valence-electron chi connectivity index (χ3n) is 2.25. The summed E-state index contributed by atoms with van der Waals surface area (Å²) in [7, 11) is 0. The average Bonchev–Trinajstić information content (AvgIpc) is 2.56. The molecule has 4 nitrogen and oxygen atoms in total. The van der Waals surface area contributed by atoms with Gasteiger partial charge in [-0.25, -0.2) is 0 Å². The van der Waals surface area contributed by atoms with Gasteiger partial charge in [-0.2, -0.15) is 5.10 Å². The average molecular weight is 365 g/mol. The van der Waals surface area contributed by atoms with Gasteiger partial charge < -0.3 is 4.74 Å². The third-order valence-corrected chi connectivity index (χ3v) is 3.28. The second-order valence-electron chi connectivity index (χ2n) is 3.41. The monoisotopic (exact) mass is 364 g/mol. The van der Waals surface area contributed by atoms with Gasteiger partial charge in [0.25, 0.3) is 0 Å². The van der Waals surface area contributed by atoms with Crippen molar-refractivity contribution in [3.05, 3.63) is 26.9 Å². The minimum atomic E-state index is -0.289. The van der Waals surface area contributed by atoms with E-state index in [0.29, 0.717) is 11.6 Å². The van der Waals surface area contributed by atoms with E-state index in [-0.39, 0.29) is 12.5 Å². The number of nitrogens with zero attached hydrogens (tertiary/aromatic N) is 2. The summed E-state index contributed by atoms with van der Waals surface area (Å²) in [5, 5.41) is 5.90. The molecule has 2 aromatic rings. The number of hydrogen-bond acceptors (Lipinski definition) is 3. The van der Waals surface area contributed by atoms with Crippen LogP contribution in [0.2, 0.25) is 5.02 Å². The Balaban J connectivity index is 2.38. The van der Waals surface area contributed by atoms with Gasteiger partial charge in [0.2, 0.25) is 0 Å². The molecule has 0 saturated carbocycles. The first kappa shape index (κ1) is 12.6. The van der Waals surface area contributed by atoms with Crippen LogP contribution in [0.4, 0.5) is 0 Å². The van der Waals surface area contributed by atoms with E-state index >= 15 is 0 Å². The molecule has 0 bridgehead atoms. The Morgan fingerprint density at radius 2 is 2.35 bits per heavy atom. The second kappa shape index (κ2) is 5.22. The van der Waals surface area contributed by atoms with Crippen LogP contribution in [-0.2, 0) is 16.1 Å². The van der Waals surface area contributed by atoms with Gasteiger partial charge in [-0.3, -0.25) is 9.48 Å². The third kappa shape index (κ3) is 2.71. The molecule has 0 aliphatic carbocycles. The number of fused-ring (bicyclic) bond motifs is 1. The first-order chi connectivity index (χ1) is 8.11. The molecule has 0 spiro atoms. The van der Waals surface area contributed by atoms with Crippen LogP contribution >= 0.6 is 34.2 Å². The molecular weight excluding hydrogens is 354 g/mol. The normalized spacial score (nSPS) is 10.8. The van der Waals surface area contributed by atoms with Crippen LogP contribution in [0.25, 0.3) is 10.9 Å². The summed E-state index contributed by atoms with van der Waals surface area (Å²) < 4.78 is 7.35. The predicted octanol–water partition coefficient (Wildman–Crippen LogP) is 2.86. The van der Waals surface area contributed by atoms with Gasteiger partial charge in [-0.05, 0) is 47.7 Å². The van der Waals surface area contributed by atoms with Gasteiger partial charge >= 0.3 is 5.97 Å². The summed E-state index contributed by atoms with van der Waals surface area (Å²) in [6.07, 6.45) is 0. The molecule has 0 saturated heterocycles. The summed E-state index contributed by atoms with van der Waals surface area (Å²) in [6.45, 7) is 2.28. The van der Waals surface area contributed by atoms with Crippen molar-refractivity contribution in [3.8, 4) is 0 Å². The Labute approximate surface area is 117 Å². The van der Waals surface area contributed by atoms with Crippen molar-refractivity contribution >= 4 is 51.1 Å². The van der Waals surface area contributed by atoms with E-state index in [2.05, 4.69) is 27.7 Å². The minimum absolute atomic E-state index is 0.120. The Bertz CT molecular complexity index is 568. The highest BCUT2D eigenvalue weighted by Crippen LogP contribution is 2.23. The molecule has 0 aliphatic rings. The van der Waals surface area contributed by atoms with Crippen LogP contribution in [0.1, 0.15) is 6.92 Å². The smallest absolute Gasteiger partial charge is 0.327 e. The highest BCUT2D eigenvalue weighted by Gasteiger charge is 2.12. The van der Waals surface area contributed by atoms with Gasteiger partial charge in [-0.1, -0.05) is 11.6 Å². The van der Waals surface area contributed by atoms with Gasteiger partial charge in [0.05, 0.1) is 12.1 Å². The summed E-state index contributed by atoms with van der Waals surface area (Å²) >= 11 is 8.04. The maximum atomic E-state index is 11.4. The summed E-state index contributed by atoms with van der Waals surface area (Å²) in [5.74, 6) is -0.289. The van der Waals surface area contributed by atoms with Crippen LogP contribution < -0.4 is 0 Å². The lowest BCUT2D eigenvalue weighted by molar-refractivity contribution is -0.143. The quantitative estimate of drug-likeness (QED) is 0.621. The van der Waals surface area contributed by atoms with Crippen molar-refractivity contribution in [3.63, 3.8) is 0 Å². The molecule has 0 amide bonds. The minimum Gasteiger partial charge on any atom is -0.465 e. The van der Waals surface area contributed by atoms with Crippen molar-refractivity contribution < 1.29 is 9.53 Å². The summed E-state index contributed by atoms with van der Waals surface area (Å²) in [5.41, 5.74) is 0.881. The topological polar surface area (TPSA) is 44.1 Å². The molecule has 0 radical (unpaired) electrons. The number of rotatable bonds is 3. The van der Waals surface area contributed by atoms with Gasteiger partial charge in [0, 0.05) is 10.4 Å². The van der Waals surface area contributed by atoms with E-state index in [1.54, 1.807) is 17.7 Å². The largest absolute Gasteiger partial charge is 0.465 e. The van der Waals surface area contributed by atoms with Crippen molar-refractivity contribution in [1.29, 1.82) is 0 Å². The fourth-order valence-corrected chi connectivity index (χ4v) is 2.43. The molecule has 0 atom stereocenters. The molecule has 0 unspecified atom stereocenters. The van der Waals surface area contributed by atoms with E-state index in [1.165, 1.54) is 0 Å². The van der Waals surface area contributed by atoms with E-state index in [1.807, 2.05) is 12.1 Å². The zero-order valence-corrected chi connectivity index (χ0v) is 12.0. The predicted molar refractivity (Wildman–Crippen MR) is 74.1 cm³/mol. The first-order valence-electron chi connectivity index (χ1n) is 5.09. The highest BCUT2D eigenvalue weighted by atomic mass is 127. The van der Waals surface area contributed by atoms with Crippen molar-refractivity contribution in [2.24, 2.45) is 0 Å². The van der Waals surface area contributed by atoms with Crippen molar-refractivity contribution in [2.45, 2.75) is 13.5 Å². The molecule has 17 heavy (non-hydrogen) atoms. The first-order valence-corrected chi connectivity index (χ1v) is 6.54. The van der Waals surface area contributed by atoms with Crippen molar-refractivity contribution in [2.75, 3.05) is 6.61 Å². The van der Waals surface area contributed by atoms with Crippen LogP contribution in [0.3, 0.4) is 0 Å². The van der Waals surface area contributed by atoms with E-state index in [9.17, 15) is 4.79 Å². The number of ether oxygens (including phenoxy) is 1.